The van der Waals surface area contributed by atoms with Gasteiger partial charge < -0.3 is 0 Å². The van der Waals surface area contributed by atoms with Crippen LogP contribution in [0.25, 0.3) is 0 Å². The van der Waals surface area contributed by atoms with Crippen molar-refractivity contribution in [3.63, 3.8) is 0 Å². The van der Waals surface area contributed by atoms with Crippen LogP contribution in [0, 0.1) is 35.3 Å². The molecule has 7 heteroatoms. The molecule has 3 aliphatic carbocycles. The molecule has 3 saturated carbocycles. The summed E-state index contributed by atoms with van der Waals surface area (Å²) in [6.07, 6.45) is 1.56. The summed E-state index contributed by atoms with van der Waals surface area (Å²) in [6, 6.07) is 2.03. The van der Waals surface area contributed by atoms with Gasteiger partial charge in [0.1, 0.15) is 11.5 Å². The number of carbonyl (C=O) groups is 3. The molecule has 4 nitrogen and oxygen atoms in total. The van der Waals surface area contributed by atoms with Crippen molar-refractivity contribution >= 4 is 39.2 Å². The van der Waals surface area contributed by atoms with Crippen molar-refractivity contribution in [2.45, 2.75) is 19.3 Å². The van der Waals surface area contributed by atoms with Crippen LogP contribution in [0.4, 0.5) is 14.5 Å². The van der Waals surface area contributed by atoms with Crippen LogP contribution in [0.1, 0.15) is 19.3 Å². The number of anilines is 1. The Morgan fingerprint density at radius 2 is 1.61 bits per heavy atom. The highest BCUT2D eigenvalue weighted by Gasteiger charge is 2.61. The summed E-state index contributed by atoms with van der Waals surface area (Å²) < 4.78 is 28.6. The van der Waals surface area contributed by atoms with Gasteiger partial charge in [0, 0.05) is 16.8 Å². The van der Waals surface area contributed by atoms with Gasteiger partial charge in [-0.2, -0.15) is 0 Å². The van der Waals surface area contributed by atoms with Gasteiger partial charge in [0.15, 0.2) is 11.6 Å². The highest BCUT2D eigenvalue weighted by molar-refractivity contribution is 9.10. The van der Waals surface area contributed by atoms with Gasteiger partial charge in [-0.1, -0.05) is 15.9 Å². The molecule has 4 atom stereocenters. The molecular formula is C16H12BrF2NO3. The van der Waals surface area contributed by atoms with Crippen LogP contribution in [0.15, 0.2) is 16.6 Å². The topological polar surface area (TPSA) is 54.5 Å². The summed E-state index contributed by atoms with van der Waals surface area (Å²) in [5.41, 5.74) is -0.635. The molecule has 0 N–H and O–H groups in total. The van der Waals surface area contributed by atoms with E-state index in [0.29, 0.717) is 17.7 Å². The number of imide groups is 1. The molecule has 1 aromatic rings. The second-order valence-electron chi connectivity index (χ2n) is 6.40. The zero-order valence-electron chi connectivity index (χ0n) is 11.9. The Kier molecular flexibility index (Phi) is 3.20. The number of hydrogen-bond donors (Lipinski definition) is 0. The van der Waals surface area contributed by atoms with Gasteiger partial charge >= 0.3 is 0 Å². The van der Waals surface area contributed by atoms with E-state index < -0.39 is 46.9 Å². The normalized spacial score (nSPS) is 32.7. The minimum atomic E-state index is -0.976. The summed E-state index contributed by atoms with van der Waals surface area (Å²) in [5, 5.41) is 0. The number of hydrogen-bond acceptors (Lipinski definition) is 3. The number of rotatable bonds is 1. The number of amides is 2. The minimum absolute atomic E-state index is 0.0118. The van der Waals surface area contributed by atoms with E-state index in [9.17, 15) is 23.2 Å². The van der Waals surface area contributed by atoms with Crippen LogP contribution in [0.5, 0.6) is 0 Å². The molecule has 4 fully saturated rings. The van der Waals surface area contributed by atoms with E-state index >= 15 is 0 Å². The molecule has 23 heavy (non-hydrogen) atoms. The van der Waals surface area contributed by atoms with Crippen LogP contribution in [0.3, 0.4) is 0 Å². The number of ketones is 1. The van der Waals surface area contributed by atoms with Crippen molar-refractivity contribution in [1.82, 2.24) is 0 Å². The fourth-order valence-corrected chi connectivity index (χ4v) is 4.75. The van der Waals surface area contributed by atoms with E-state index in [1.807, 2.05) is 0 Å². The Morgan fingerprint density at radius 1 is 1.00 bits per heavy atom. The molecule has 1 heterocycles. The van der Waals surface area contributed by atoms with Crippen molar-refractivity contribution in [2.24, 2.45) is 23.7 Å². The standard InChI is InChI=1S/C16H12BrF2NO3/c17-7-4-9(18)14(10(19)5-7)20-15(22)12-6-1-2-8(11(21)3-6)13(12)16(20)23/h4-6,8,12-13H,1-3H2. The molecule has 1 aromatic carbocycles. The second-order valence-corrected chi connectivity index (χ2v) is 7.31. The van der Waals surface area contributed by atoms with Gasteiger partial charge in [-0.15, -0.1) is 0 Å². The third-order valence-corrected chi connectivity index (χ3v) is 5.73. The molecule has 5 rings (SSSR count). The smallest absolute Gasteiger partial charge is 0.238 e. The van der Waals surface area contributed by atoms with Gasteiger partial charge in [0.2, 0.25) is 11.8 Å². The maximum Gasteiger partial charge on any atom is 0.238 e. The predicted molar refractivity (Wildman–Crippen MR) is 79.4 cm³/mol. The van der Waals surface area contributed by atoms with E-state index in [1.54, 1.807) is 0 Å². The Morgan fingerprint density at radius 3 is 2.22 bits per heavy atom. The first-order valence-electron chi connectivity index (χ1n) is 7.45. The lowest BCUT2D eigenvalue weighted by Crippen LogP contribution is -2.46. The molecule has 0 aromatic heterocycles. The average molecular weight is 384 g/mol. The molecule has 4 aliphatic rings. The summed E-state index contributed by atoms with van der Waals surface area (Å²) in [4.78, 5) is 38.0. The van der Waals surface area contributed by atoms with Crippen LogP contribution < -0.4 is 4.90 Å². The first-order chi connectivity index (χ1) is 10.9. The summed E-state index contributed by atoms with van der Waals surface area (Å²) in [5.74, 6) is -5.26. The summed E-state index contributed by atoms with van der Waals surface area (Å²) in [6.45, 7) is 0. The molecule has 1 aliphatic heterocycles. The fourth-order valence-electron chi connectivity index (χ4n) is 4.35. The maximum absolute atomic E-state index is 14.2. The van der Waals surface area contributed by atoms with Crippen LogP contribution in [-0.2, 0) is 14.4 Å². The van der Waals surface area contributed by atoms with Gasteiger partial charge in [0.05, 0.1) is 11.8 Å². The van der Waals surface area contributed by atoms with Crippen LogP contribution >= 0.6 is 15.9 Å². The molecule has 0 spiro atoms. The van der Waals surface area contributed by atoms with E-state index in [2.05, 4.69) is 15.9 Å². The van der Waals surface area contributed by atoms with Gasteiger partial charge in [-0.05, 0) is 30.9 Å². The lowest BCUT2D eigenvalue weighted by Gasteiger charge is -2.41. The third-order valence-electron chi connectivity index (χ3n) is 5.27. The number of fused-ring (bicyclic) bond motifs is 2. The SMILES string of the molecule is O=C1CC2CCC1C1C(=O)N(c3c(F)cc(Br)cc3F)C(=O)C21. The van der Waals surface area contributed by atoms with Crippen molar-refractivity contribution < 1.29 is 23.2 Å². The largest absolute Gasteiger partial charge is 0.299 e. The molecule has 4 unspecified atom stereocenters. The van der Waals surface area contributed by atoms with E-state index in [1.165, 1.54) is 0 Å². The van der Waals surface area contributed by atoms with E-state index in [4.69, 9.17) is 0 Å². The Balaban J connectivity index is 1.82. The Hall–Kier alpha value is -1.63. The lowest BCUT2D eigenvalue weighted by molar-refractivity contribution is -0.143. The molecule has 2 amide bonds. The molecule has 2 bridgehead atoms. The maximum atomic E-state index is 14.2. The summed E-state index contributed by atoms with van der Waals surface area (Å²) >= 11 is 2.97. The Labute approximate surface area is 139 Å². The Bertz CT molecular complexity index is 743. The minimum Gasteiger partial charge on any atom is -0.299 e. The highest BCUT2D eigenvalue weighted by atomic mass is 79.9. The second kappa shape index (κ2) is 4.93. The van der Waals surface area contributed by atoms with E-state index in [-0.39, 0.29) is 22.6 Å². The zero-order chi connectivity index (χ0) is 16.5. The van der Waals surface area contributed by atoms with Crippen molar-refractivity contribution in [3.05, 3.63) is 28.2 Å². The number of carbonyl (C=O) groups excluding carboxylic acids is 3. The zero-order valence-corrected chi connectivity index (χ0v) is 13.5. The van der Waals surface area contributed by atoms with Crippen molar-refractivity contribution in [2.75, 3.05) is 4.90 Å². The van der Waals surface area contributed by atoms with Crippen molar-refractivity contribution in [1.29, 1.82) is 0 Å². The van der Waals surface area contributed by atoms with Gasteiger partial charge in [-0.3, -0.25) is 14.4 Å². The molecular weight excluding hydrogens is 372 g/mol. The van der Waals surface area contributed by atoms with Gasteiger partial charge in [-0.25, -0.2) is 13.7 Å². The molecule has 1 saturated heterocycles. The number of halogens is 3. The van der Waals surface area contributed by atoms with Crippen LogP contribution in [-0.4, -0.2) is 17.6 Å². The predicted octanol–water partition coefficient (Wildman–Crippen LogP) is 2.83. The first kappa shape index (κ1) is 14.9. The number of Topliss-reactive ketones (excluding diaryl/α,β-unsaturated/α-hetero) is 1. The van der Waals surface area contributed by atoms with Gasteiger partial charge in [0.25, 0.3) is 0 Å². The molecule has 0 radical (unpaired) electrons. The van der Waals surface area contributed by atoms with E-state index in [0.717, 1.165) is 12.1 Å². The third kappa shape index (κ3) is 1.95. The number of benzene rings is 1. The average Bonchev–Trinajstić information content (AvgIpc) is 2.74. The molecule has 120 valence electrons. The van der Waals surface area contributed by atoms with Crippen molar-refractivity contribution in [3.8, 4) is 0 Å². The fraction of sp³-hybridized carbons (Fsp3) is 0.438. The highest BCUT2D eigenvalue weighted by Crippen LogP contribution is 2.52. The quantitative estimate of drug-likeness (QED) is 0.700. The van der Waals surface area contributed by atoms with Crippen LogP contribution in [0.2, 0.25) is 0 Å². The summed E-state index contributed by atoms with van der Waals surface area (Å²) in [7, 11) is 0. The number of nitrogens with zero attached hydrogens (tertiary/aromatic N) is 1. The first-order valence-corrected chi connectivity index (χ1v) is 8.24. The monoisotopic (exact) mass is 383 g/mol. The lowest BCUT2D eigenvalue weighted by atomic mass is 9.59.